The van der Waals surface area contributed by atoms with E-state index in [1.807, 2.05) is 24.3 Å². The molecule has 0 bridgehead atoms. The van der Waals surface area contributed by atoms with Crippen LogP contribution in [0.15, 0.2) is 48.5 Å². The average Bonchev–Trinajstić information content (AvgIpc) is 2.53. The number of hydrogen-bond donors (Lipinski definition) is 0. The number of anilines is 1. The Hall–Kier alpha value is -2.34. The van der Waals surface area contributed by atoms with E-state index in [1.165, 1.54) is 6.07 Å². The number of halogens is 1. The van der Waals surface area contributed by atoms with Gasteiger partial charge in [0.05, 0.1) is 5.56 Å². The number of nitrogens with zero attached hydrogens (tertiary/aromatic N) is 2. The van der Waals surface area contributed by atoms with E-state index in [-0.39, 0.29) is 5.56 Å². The van der Waals surface area contributed by atoms with E-state index in [1.54, 1.807) is 12.1 Å². The molecule has 2 aromatic rings. The Balaban J connectivity index is 2.21. The van der Waals surface area contributed by atoms with Gasteiger partial charge < -0.3 is 4.90 Å². The van der Waals surface area contributed by atoms with Crippen LogP contribution in [0.3, 0.4) is 0 Å². The third-order valence-electron chi connectivity index (χ3n) is 3.43. The highest BCUT2D eigenvalue weighted by atomic mass is 19.1. The zero-order valence-electron chi connectivity index (χ0n) is 12.2. The molecule has 0 aliphatic carbocycles. The predicted octanol–water partition coefficient (Wildman–Crippen LogP) is 4.50. The van der Waals surface area contributed by atoms with Crippen molar-refractivity contribution in [3.05, 3.63) is 65.5 Å². The quantitative estimate of drug-likeness (QED) is 0.779. The molecule has 0 fully saturated rings. The van der Waals surface area contributed by atoms with Crippen LogP contribution in [0.4, 0.5) is 10.1 Å². The summed E-state index contributed by atoms with van der Waals surface area (Å²) in [4.78, 5) is 2.26. The molecular weight excluding hydrogens is 263 g/mol. The average molecular weight is 282 g/mol. The number of unbranched alkanes of at least 4 members (excludes halogenated alkanes) is 1. The molecule has 0 atom stereocenters. The Kier molecular flexibility index (Phi) is 5.34. The van der Waals surface area contributed by atoms with Crippen LogP contribution in [0.25, 0.3) is 0 Å². The van der Waals surface area contributed by atoms with Crippen molar-refractivity contribution in [2.45, 2.75) is 26.3 Å². The molecule has 0 saturated carbocycles. The Bertz CT molecular complexity index is 617. The first-order valence-corrected chi connectivity index (χ1v) is 7.23. The van der Waals surface area contributed by atoms with Gasteiger partial charge in [0.1, 0.15) is 11.9 Å². The molecule has 0 unspecified atom stereocenters. The number of rotatable bonds is 6. The molecule has 0 heterocycles. The van der Waals surface area contributed by atoms with Crippen LogP contribution in [0.2, 0.25) is 0 Å². The molecule has 108 valence electrons. The lowest BCUT2D eigenvalue weighted by Gasteiger charge is -2.25. The standard InChI is InChI=1S/C18H19FN2/c1-2-3-11-21(17-7-5-4-6-8-17)14-15-9-10-18(19)16(12-15)13-20/h4-10,12H,2-3,11,14H2,1H3. The molecule has 0 aromatic heterocycles. The van der Waals surface area contributed by atoms with E-state index >= 15 is 0 Å². The van der Waals surface area contributed by atoms with Crippen molar-refractivity contribution in [2.75, 3.05) is 11.4 Å². The lowest BCUT2D eigenvalue weighted by Crippen LogP contribution is -2.23. The second-order valence-electron chi connectivity index (χ2n) is 5.04. The largest absolute Gasteiger partial charge is 0.367 e. The summed E-state index contributed by atoms with van der Waals surface area (Å²) < 4.78 is 13.4. The van der Waals surface area contributed by atoms with Crippen LogP contribution >= 0.6 is 0 Å². The first-order chi connectivity index (χ1) is 10.2. The molecule has 0 radical (unpaired) electrons. The minimum absolute atomic E-state index is 0.107. The van der Waals surface area contributed by atoms with Crippen LogP contribution in [0.1, 0.15) is 30.9 Å². The Morgan fingerprint density at radius 3 is 2.57 bits per heavy atom. The maximum atomic E-state index is 13.4. The third-order valence-corrected chi connectivity index (χ3v) is 3.43. The second-order valence-corrected chi connectivity index (χ2v) is 5.04. The van der Waals surface area contributed by atoms with E-state index in [0.717, 1.165) is 30.6 Å². The van der Waals surface area contributed by atoms with Gasteiger partial charge in [-0.2, -0.15) is 5.26 Å². The molecule has 21 heavy (non-hydrogen) atoms. The Morgan fingerprint density at radius 1 is 1.14 bits per heavy atom. The fourth-order valence-corrected chi connectivity index (χ4v) is 2.26. The minimum Gasteiger partial charge on any atom is -0.367 e. The minimum atomic E-state index is -0.457. The summed E-state index contributed by atoms with van der Waals surface area (Å²) in [6.07, 6.45) is 2.22. The summed E-state index contributed by atoms with van der Waals surface area (Å²) in [7, 11) is 0. The SMILES string of the molecule is CCCCN(Cc1ccc(F)c(C#N)c1)c1ccccc1. The number of nitriles is 1. The highest BCUT2D eigenvalue weighted by Gasteiger charge is 2.09. The molecule has 0 aliphatic heterocycles. The van der Waals surface area contributed by atoms with Crippen LogP contribution in [0.5, 0.6) is 0 Å². The first kappa shape index (κ1) is 15.1. The monoisotopic (exact) mass is 282 g/mol. The smallest absolute Gasteiger partial charge is 0.140 e. The van der Waals surface area contributed by atoms with Crippen molar-refractivity contribution < 1.29 is 4.39 Å². The van der Waals surface area contributed by atoms with Crippen molar-refractivity contribution in [2.24, 2.45) is 0 Å². The topological polar surface area (TPSA) is 27.0 Å². The molecule has 0 N–H and O–H groups in total. The van der Waals surface area contributed by atoms with Gasteiger partial charge in [-0.05, 0) is 36.2 Å². The molecule has 0 spiro atoms. The number of para-hydroxylation sites is 1. The summed E-state index contributed by atoms with van der Waals surface area (Å²) in [5, 5.41) is 8.93. The summed E-state index contributed by atoms with van der Waals surface area (Å²) in [5.41, 5.74) is 2.21. The zero-order valence-corrected chi connectivity index (χ0v) is 12.2. The summed E-state index contributed by atoms with van der Waals surface area (Å²) in [5.74, 6) is -0.457. The molecule has 2 aromatic carbocycles. The Labute approximate surface area is 125 Å². The Morgan fingerprint density at radius 2 is 1.90 bits per heavy atom. The zero-order chi connectivity index (χ0) is 15.1. The van der Waals surface area contributed by atoms with Crippen molar-refractivity contribution in [3.8, 4) is 6.07 Å². The fourth-order valence-electron chi connectivity index (χ4n) is 2.26. The van der Waals surface area contributed by atoms with Gasteiger partial charge in [0.15, 0.2) is 0 Å². The normalized spacial score (nSPS) is 10.1. The van der Waals surface area contributed by atoms with Crippen LogP contribution in [-0.4, -0.2) is 6.54 Å². The molecule has 2 nitrogen and oxygen atoms in total. The molecule has 0 aliphatic rings. The van der Waals surface area contributed by atoms with E-state index in [9.17, 15) is 4.39 Å². The summed E-state index contributed by atoms with van der Waals surface area (Å²) in [6.45, 7) is 3.79. The van der Waals surface area contributed by atoms with E-state index in [0.29, 0.717) is 6.54 Å². The number of benzene rings is 2. The van der Waals surface area contributed by atoms with E-state index in [4.69, 9.17) is 5.26 Å². The lowest BCUT2D eigenvalue weighted by atomic mass is 10.1. The van der Waals surface area contributed by atoms with Gasteiger partial charge in [0.2, 0.25) is 0 Å². The number of hydrogen-bond acceptors (Lipinski definition) is 2. The lowest BCUT2D eigenvalue weighted by molar-refractivity contribution is 0.622. The van der Waals surface area contributed by atoms with Crippen LogP contribution in [0, 0.1) is 17.1 Å². The van der Waals surface area contributed by atoms with Gasteiger partial charge in [-0.25, -0.2) is 4.39 Å². The van der Waals surface area contributed by atoms with Gasteiger partial charge >= 0.3 is 0 Å². The van der Waals surface area contributed by atoms with Crippen molar-refractivity contribution in [3.63, 3.8) is 0 Å². The highest BCUT2D eigenvalue weighted by Crippen LogP contribution is 2.19. The maximum absolute atomic E-state index is 13.4. The van der Waals surface area contributed by atoms with Crippen molar-refractivity contribution >= 4 is 5.69 Å². The first-order valence-electron chi connectivity index (χ1n) is 7.23. The molecular formula is C18H19FN2. The van der Waals surface area contributed by atoms with Gasteiger partial charge in [0, 0.05) is 18.8 Å². The second kappa shape index (κ2) is 7.44. The molecule has 0 amide bonds. The van der Waals surface area contributed by atoms with Crippen molar-refractivity contribution in [1.29, 1.82) is 5.26 Å². The van der Waals surface area contributed by atoms with Gasteiger partial charge in [-0.15, -0.1) is 0 Å². The van der Waals surface area contributed by atoms with E-state index in [2.05, 4.69) is 24.0 Å². The third kappa shape index (κ3) is 4.06. The molecule has 2 rings (SSSR count). The van der Waals surface area contributed by atoms with Gasteiger partial charge in [0.25, 0.3) is 0 Å². The van der Waals surface area contributed by atoms with E-state index < -0.39 is 5.82 Å². The maximum Gasteiger partial charge on any atom is 0.140 e. The van der Waals surface area contributed by atoms with Gasteiger partial charge in [-0.3, -0.25) is 0 Å². The summed E-state index contributed by atoms with van der Waals surface area (Å²) in [6, 6.07) is 16.8. The van der Waals surface area contributed by atoms with Crippen LogP contribution in [-0.2, 0) is 6.54 Å². The predicted molar refractivity (Wildman–Crippen MR) is 83.5 cm³/mol. The fraction of sp³-hybridized carbons (Fsp3) is 0.278. The van der Waals surface area contributed by atoms with Crippen LogP contribution < -0.4 is 4.90 Å². The molecule has 3 heteroatoms. The molecule has 0 saturated heterocycles. The van der Waals surface area contributed by atoms with Crippen molar-refractivity contribution in [1.82, 2.24) is 0 Å². The highest BCUT2D eigenvalue weighted by molar-refractivity contribution is 5.47. The summed E-state index contributed by atoms with van der Waals surface area (Å²) >= 11 is 0. The van der Waals surface area contributed by atoms with Gasteiger partial charge in [-0.1, -0.05) is 37.6 Å².